The SMILES string of the molecule is CCN(CCNC(=O)C1CCN(C(C)=O)CC1)c1ccccc1C. The number of piperidine rings is 1. The van der Waals surface area contributed by atoms with Gasteiger partial charge < -0.3 is 15.1 Å². The van der Waals surface area contributed by atoms with Crippen molar-refractivity contribution >= 4 is 17.5 Å². The molecular formula is C19H29N3O2. The molecule has 5 heteroatoms. The summed E-state index contributed by atoms with van der Waals surface area (Å²) < 4.78 is 0. The third kappa shape index (κ3) is 4.73. The molecule has 0 atom stereocenters. The van der Waals surface area contributed by atoms with Crippen LogP contribution in [0.2, 0.25) is 0 Å². The Morgan fingerprint density at radius 1 is 1.25 bits per heavy atom. The van der Waals surface area contributed by atoms with E-state index in [2.05, 4.69) is 36.2 Å². The van der Waals surface area contributed by atoms with Crippen LogP contribution in [0.15, 0.2) is 24.3 Å². The van der Waals surface area contributed by atoms with Crippen molar-refractivity contribution in [3.63, 3.8) is 0 Å². The number of hydrogen-bond donors (Lipinski definition) is 1. The van der Waals surface area contributed by atoms with Crippen molar-refractivity contribution in [2.24, 2.45) is 5.92 Å². The molecule has 0 saturated carbocycles. The number of carbonyl (C=O) groups is 2. The Labute approximate surface area is 145 Å². The minimum absolute atomic E-state index is 0.0362. The van der Waals surface area contributed by atoms with E-state index in [-0.39, 0.29) is 17.7 Å². The van der Waals surface area contributed by atoms with Crippen LogP contribution in [0.1, 0.15) is 32.3 Å². The van der Waals surface area contributed by atoms with Crippen LogP contribution in [0.4, 0.5) is 5.69 Å². The molecule has 1 aromatic rings. The average molecular weight is 331 g/mol. The van der Waals surface area contributed by atoms with E-state index in [9.17, 15) is 9.59 Å². The number of rotatable bonds is 6. The van der Waals surface area contributed by atoms with Gasteiger partial charge in [0, 0.05) is 51.3 Å². The number of aryl methyl sites for hydroxylation is 1. The quantitative estimate of drug-likeness (QED) is 0.869. The summed E-state index contributed by atoms with van der Waals surface area (Å²) >= 11 is 0. The van der Waals surface area contributed by atoms with E-state index < -0.39 is 0 Å². The molecule has 0 unspecified atom stereocenters. The summed E-state index contributed by atoms with van der Waals surface area (Å²) in [7, 11) is 0. The third-order valence-electron chi connectivity index (χ3n) is 4.83. The fraction of sp³-hybridized carbons (Fsp3) is 0.579. The molecule has 0 aromatic heterocycles. The van der Waals surface area contributed by atoms with Gasteiger partial charge >= 0.3 is 0 Å². The summed E-state index contributed by atoms with van der Waals surface area (Å²) in [6, 6.07) is 8.33. The number of anilines is 1. The molecule has 1 saturated heterocycles. The maximum atomic E-state index is 12.3. The van der Waals surface area contributed by atoms with Gasteiger partial charge in [-0.3, -0.25) is 9.59 Å². The molecule has 132 valence electrons. The van der Waals surface area contributed by atoms with Gasteiger partial charge in [0.15, 0.2) is 0 Å². The summed E-state index contributed by atoms with van der Waals surface area (Å²) in [6.07, 6.45) is 1.53. The number of likely N-dealkylation sites (N-methyl/N-ethyl adjacent to an activating group) is 1. The van der Waals surface area contributed by atoms with Gasteiger partial charge in [-0.25, -0.2) is 0 Å². The number of likely N-dealkylation sites (tertiary alicyclic amines) is 1. The van der Waals surface area contributed by atoms with Crippen molar-refractivity contribution in [1.29, 1.82) is 0 Å². The van der Waals surface area contributed by atoms with E-state index in [1.807, 2.05) is 17.0 Å². The minimum Gasteiger partial charge on any atom is -0.370 e. The third-order valence-corrected chi connectivity index (χ3v) is 4.83. The summed E-state index contributed by atoms with van der Waals surface area (Å²) in [4.78, 5) is 27.8. The zero-order valence-electron chi connectivity index (χ0n) is 15.0. The van der Waals surface area contributed by atoms with Gasteiger partial charge in [-0.2, -0.15) is 0 Å². The molecule has 24 heavy (non-hydrogen) atoms. The van der Waals surface area contributed by atoms with Crippen LogP contribution in [0.5, 0.6) is 0 Å². The summed E-state index contributed by atoms with van der Waals surface area (Å²) in [6.45, 7) is 9.58. The van der Waals surface area contributed by atoms with Crippen molar-refractivity contribution in [2.45, 2.75) is 33.6 Å². The lowest BCUT2D eigenvalue weighted by atomic mass is 9.96. The Balaban J connectivity index is 1.78. The zero-order valence-corrected chi connectivity index (χ0v) is 15.0. The first-order chi connectivity index (χ1) is 11.5. The fourth-order valence-electron chi connectivity index (χ4n) is 3.28. The lowest BCUT2D eigenvalue weighted by Gasteiger charge is -2.31. The first-order valence-electron chi connectivity index (χ1n) is 8.86. The van der Waals surface area contributed by atoms with Crippen LogP contribution in [0.3, 0.4) is 0 Å². The second-order valence-electron chi connectivity index (χ2n) is 6.44. The lowest BCUT2D eigenvalue weighted by Crippen LogP contribution is -2.43. The van der Waals surface area contributed by atoms with Crippen LogP contribution >= 0.6 is 0 Å². The van der Waals surface area contributed by atoms with Gasteiger partial charge in [-0.15, -0.1) is 0 Å². The molecule has 1 aliphatic rings. The first-order valence-corrected chi connectivity index (χ1v) is 8.86. The van der Waals surface area contributed by atoms with Gasteiger partial charge in [-0.1, -0.05) is 18.2 Å². The number of amides is 2. The van der Waals surface area contributed by atoms with Gasteiger partial charge in [0.2, 0.25) is 11.8 Å². The van der Waals surface area contributed by atoms with Crippen molar-refractivity contribution < 1.29 is 9.59 Å². The Bertz CT molecular complexity index is 565. The number of carbonyl (C=O) groups excluding carboxylic acids is 2. The highest BCUT2D eigenvalue weighted by atomic mass is 16.2. The number of nitrogens with one attached hydrogen (secondary N) is 1. The molecular weight excluding hydrogens is 302 g/mol. The second-order valence-corrected chi connectivity index (χ2v) is 6.44. The molecule has 0 aliphatic carbocycles. The van der Waals surface area contributed by atoms with Crippen LogP contribution in [-0.2, 0) is 9.59 Å². The first kappa shape index (κ1) is 18.3. The second kappa shape index (κ2) is 8.71. The highest BCUT2D eigenvalue weighted by molar-refractivity contribution is 5.79. The summed E-state index contributed by atoms with van der Waals surface area (Å²) in [5, 5.41) is 3.07. The van der Waals surface area contributed by atoms with Crippen LogP contribution in [0, 0.1) is 12.8 Å². The normalized spacial score (nSPS) is 15.2. The molecule has 5 nitrogen and oxygen atoms in total. The van der Waals surface area contributed by atoms with E-state index in [1.165, 1.54) is 11.3 Å². The molecule has 0 bridgehead atoms. The Morgan fingerprint density at radius 2 is 1.92 bits per heavy atom. The maximum Gasteiger partial charge on any atom is 0.223 e. The molecule has 1 heterocycles. The maximum absolute atomic E-state index is 12.3. The van der Waals surface area contributed by atoms with Crippen LogP contribution in [-0.4, -0.2) is 49.4 Å². The van der Waals surface area contributed by atoms with Crippen LogP contribution in [0.25, 0.3) is 0 Å². The number of hydrogen-bond acceptors (Lipinski definition) is 3. The van der Waals surface area contributed by atoms with Crippen LogP contribution < -0.4 is 10.2 Å². The largest absolute Gasteiger partial charge is 0.370 e. The average Bonchev–Trinajstić information content (AvgIpc) is 2.59. The van der Waals surface area contributed by atoms with Gasteiger partial charge in [0.1, 0.15) is 0 Å². The molecule has 1 fully saturated rings. The molecule has 0 radical (unpaired) electrons. The smallest absolute Gasteiger partial charge is 0.223 e. The standard InChI is InChI=1S/C19H29N3O2/c1-4-21(18-8-6-5-7-15(18)2)14-11-20-19(24)17-9-12-22(13-10-17)16(3)23/h5-8,17H,4,9-14H2,1-3H3,(H,20,24). The molecule has 2 rings (SSSR count). The number of para-hydroxylation sites is 1. The Morgan fingerprint density at radius 3 is 2.50 bits per heavy atom. The summed E-state index contributed by atoms with van der Waals surface area (Å²) in [5.74, 6) is 0.263. The van der Waals surface area contributed by atoms with E-state index >= 15 is 0 Å². The van der Waals surface area contributed by atoms with Crippen molar-refractivity contribution in [3.05, 3.63) is 29.8 Å². The zero-order chi connectivity index (χ0) is 17.5. The van der Waals surface area contributed by atoms with E-state index in [0.717, 1.165) is 25.9 Å². The van der Waals surface area contributed by atoms with E-state index in [1.54, 1.807) is 6.92 Å². The highest BCUT2D eigenvalue weighted by Gasteiger charge is 2.25. The molecule has 0 spiro atoms. The summed E-state index contributed by atoms with van der Waals surface area (Å²) in [5.41, 5.74) is 2.48. The lowest BCUT2D eigenvalue weighted by molar-refractivity contribution is -0.133. The van der Waals surface area contributed by atoms with Gasteiger partial charge in [-0.05, 0) is 38.3 Å². The molecule has 1 aliphatic heterocycles. The van der Waals surface area contributed by atoms with Gasteiger partial charge in [0.05, 0.1) is 0 Å². The fourth-order valence-corrected chi connectivity index (χ4v) is 3.28. The van der Waals surface area contributed by atoms with E-state index in [0.29, 0.717) is 19.6 Å². The monoisotopic (exact) mass is 331 g/mol. The molecule has 1 N–H and O–H groups in total. The Kier molecular flexibility index (Phi) is 6.64. The highest BCUT2D eigenvalue weighted by Crippen LogP contribution is 2.19. The van der Waals surface area contributed by atoms with Crippen molar-refractivity contribution in [3.8, 4) is 0 Å². The predicted octanol–water partition coefficient (Wildman–Crippen LogP) is 2.20. The molecule has 1 aromatic carbocycles. The Hall–Kier alpha value is -2.04. The number of nitrogens with zero attached hydrogens (tertiary/aromatic N) is 2. The topological polar surface area (TPSA) is 52.7 Å². The van der Waals surface area contributed by atoms with E-state index in [4.69, 9.17) is 0 Å². The van der Waals surface area contributed by atoms with Gasteiger partial charge in [0.25, 0.3) is 0 Å². The molecule has 2 amide bonds. The number of benzene rings is 1. The minimum atomic E-state index is 0.0362. The van der Waals surface area contributed by atoms with Crippen molar-refractivity contribution in [1.82, 2.24) is 10.2 Å². The predicted molar refractivity (Wildman–Crippen MR) is 97.1 cm³/mol. The van der Waals surface area contributed by atoms with Crippen molar-refractivity contribution in [2.75, 3.05) is 37.6 Å².